The second-order valence-corrected chi connectivity index (χ2v) is 18.8. The molecule has 0 spiro atoms. The van der Waals surface area contributed by atoms with E-state index in [1.807, 2.05) is 33.3 Å². The number of hydrogen-bond acceptors (Lipinski definition) is 7. The number of ether oxygens (including phenoxy) is 4. The minimum absolute atomic E-state index is 0.0628. The number of carboxylic acid groups (broad SMARTS) is 1. The van der Waals surface area contributed by atoms with Crippen molar-refractivity contribution in [2.45, 2.75) is 193 Å². The molecule has 0 heterocycles. The van der Waals surface area contributed by atoms with Gasteiger partial charge in [0.05, 0.1) is 40.8 Å². The van der Waals surface area contributed by atoms with Crippen molar-refractivity contribution >= 4 is 17.9 Å². The first-order valence-corrected chi connectivity index (χ1v) is 27.3. The lowest BCUT2D eigenvalue weighted by Gasteiger charge is -2.25. The normalized spacial score (nSPS) is 13.9. The molecular formula is C62H100NO8+. The Kier molecular flexibility index (Phi) is 48.4. The lowest BCUT2D eigenvalue weighted by molar-refractivity contribution is -0.870. The van der Waals surface area contributed by atoms with Gasteiger partial charge in [0.1, 0.15) is 13.2 Å². The van der Waals surface area contributed by atoms with Crippen molar-refractivity contribution in [2.24, 2.45) is 0 Å². The SMILES string of the molecule is CC/C=C\C/C=C\C/C=C\C/C=C\C/C=C\C/C=C\CCCCCCCCCCCCCCC(=O)OC(COC(=O)C/C=C\C/C=C\C/C=C\C/C=C\C/C=C\CC)COC(OCC[N+](C)(C)C)C(=O)O. The highest BCUT2D eigenvalue weighted by atomic mass is 16.7. The Labute approximate surface area is 433 Å². The zero-order valence-corrected chi connectivity index (χ0v) is 45.3. The van der Waals surface area contributed by atoms with E-state index in [1.165, 1.54) is 57.8 Å². The van der Waals surface area contributed by atoms with Crippen LogP contribution >= 0.6 is 0 Å². The molecule has 0 radical (unpaired) electrons. The molecule has 400 valence electrons. The Bertz CT molecular complexity index is 1620. The van der Waals surface area contributed by atoms with Gasteiger partial charge in [-0.25, -0.2) is 4.79 Å². The average molecular weight is 987 g/mol. The van der Waals surface area contributed by atoms with Crippen molar-refractivity contribution in [3.8, 4) is 0 Å². The van der Waals surface area contributed by atoms with Crippen LogP contribution in [-0.4, -0.2) is 87.4 Å². The molecule has 0 bridgehead atoms. The van der Waals surface area contributed by atoms with Crippen LogP contribution in [0.2, 0.25) is 0 Å². The molecule has 1 N–H and O–H groups in total. The second kappa shape index (κ2) is 51.8. The Hall–Kier alpha value is -4.57. The van der Waals surface area contributed by atoms with Gasteiger partial charge in [0, 0.05) is 6.42 Å². The topological polar surface area (TPSA) is 108 Å². The van der Waals surface area contributed by atoms with E-state index in [-0.39, 0.29) is 32.7 Å². The third-order valence-corrected chi connectivity index (χ3v) is 10.9. The van der Waals surface area contributed by atoms with Gasteiger partial charge in [-0.3, -0.25) is 9.59 Å². The van der Waals surface area contributed by atoms with E-state index in [9.17, 15) is 19.5 Å². The molecule has 71 heavy (non-hydrogen) atoms. The van der Waals surface area contributed by atoms with Gasteiger partial charge in [0.15, 0.2) is 6.10 Å². The highest BCUT2D eigenvalue weighted by molar-refractivity contribution is 5.72. The number of quaternary nitrogens is 1. The van der Waals surface area contributed by atoms with Gasteiger partial charge in [-0.1, -0.05) is 212 Å². The van der Waals surface area contributed by atoms with Crippen molar-refractivity contribution in [1.82, 2.24) is 0 Å². The van der Waals surface area contributed by atoms with Gasteiger partial charge < -0.3 is 28.5 Å². The van der Waals surface area contributed by atoms with Crippen molar-refractivity contribution in [3.05, 3.63) is 134 Å². The molecule has 0 aliphatic heterocycles. The number of esters is 2. The van der Waals surface area contributed by atoms with Gasteiger partial charge in [-0.2, -0.15) is 0 Å². The smallest absolute Gasteiger partial charge is 0.361 e. The number of likely N-dealkylation sites (N-methyl/N-ethyl adjacent to an activating group) is 1. The fraction of sp³-hybridized carbons (Fsp3) is 0.597. The molecule has 2 atom stereocenters. The number of nitrogens with zero attached hydrogens (tertiary/aromatic N) is 1. The number of carbonyl (C=O) groups is 3. The summed E-state index contributed by atoms with van der Waals surface area (Å²) in [5.41, 5.74) is 0. The zero-order valence-electron chi connectivity index (χ0n) is 45.3. The molecule has 0 aromatic heterocycles. The Morgan fingerprint density at radius 2 is 0.803 bits per heavy atom. The predicted molar refractivity (Wildman–Crippen MR) is 299 cm³/mol. The molecule has 0 aromatic rings. The number of carbonyl (C=O) groups excluding carboxylic acids is 2. The van der Waals surface area contributed by atoms with E-state index >= 15 is 0 Å². The predicted octanol–water partition coefficient (Wildman–Crippen LogP) is 15.9. The van der Waals surface area contributed by atoms with E-state index in [1.54, 1.807) is 6.08 Å². The van der Waals surface area contributed by atoms with Gasteiger partial charge >= 0.3 is 17.9 Å². The monoisotopic (exact) mass is 987 g/mol. The number of allylic oxidation sites excluding steroid dienone is 21. The fourth-order valence-corrected chi connectivity index (χ4v) is 6.79. The van der Waals surface area contributed by atoms with Crippen molar-refractivity contribution < 1.29 is 42.9 Å². The molecular weight excluding hydrogens is 887 g/mol. The number of carboxylic acids is 1. The molecule has 0 rings (SSSR count). The van der Waals surface area contributed by atoms with Gasteiger partial charge in [0.25, 0.3) is 6.29 Å². The van der Waals surface area contributed by atoms with E-state index in [4.69, 9.17) is 18.9 Å². The molecule has 9 nitrogen and oxygen atoms in total. The summed E-state index contributed by atoms with van der Waals surface area (Å²) in [5.74, 6) is -2.19. The molecule has 0 saturated heterocycles. The lowest BCUT2D eigenvalue weighted by Crippen LogP contribution is -2.40. The molecule has 0 aromatic carbocycles. The van der Waals surface area contributed by atoms with Crippen LogP contribution in [0.5, 0.6) is 0 Å². The van der Waals surface area contributed by atoms with Gasteiger partial charge in [-0.15, -0.1) is 0 Å². The maximum atomic E-state index is 12.8. The fourth-order valence-electron chi connectivity index (χ4n) is 6.79. The Morgan fingerprint density at radius 1 is 0.437 bits per heavy atom. The van der Waals surface area contributed by atoms with Gasteiger partial charge in [-0.05, 0) is 89.9 Å². The summed E-state index contributed by atoms with van der Waals surface area (Å²) in [6.45, 7) is 4.50. The van der Waals surface area contributed by atoms with E-state index in [0.29, 0.717) is 23.9 Å². The van der Waals surface area contributed by atoms with Crippen LogP contribution in [0, 0.1) is 0 Å². The first-order chi connectivity index (χ1) is 34.6. The maximum Gasteiger partial charge on any atom is 0.361 e. The highest BCUT2D eigenvalue weighted by Crippen LogP contribution is 2.14. The van der Waals surface area contributed by atoms with E-state index in [0.717, 1.165) is 83.5 Å². The third-order valence-electron chi connectivity index (χ3n) is 10.9. The third kappa shape index (κ3) is 53.1. The minimum Gasteiger partial charge on any atom is -0.477 e. The van der Waals surface area contributed by atoms with E-state index < -0.39 is 30.3 Å². The van der Waals surface area contributed by atoms with Crippen LogP contribution in [0.1, 0.15) is 181 Å². The highest BCUT2D eigenvalue weighted by Gasteiger charge is 2.25. The van der Waals surface area contributed by atoms with Crippen LogP contribution in [0.25, 0.3) is 0 Å². The van der Waals surface area contributed by atoms with Crippen LogP contribution in [0.15, 0.2) is 134 Å². The summed E-state index contributed by atoms with van der Waals surface area (Å²) in [7, 11) is 5.93. The minimum atomic E-state index is -1.54. The summed E-state index contributed by atoms with van der Waals surface area (Å²) in [6, 6.07) is 0. The molecule has 0 saturated carbocycles. The summed E-state index contributed by atoms with van der Waals surface area (Å²) in [5, 5.41) is 9.67. The Morgan fingerprint density at radius 3 is 1.20 bits per heavy atom. The molecule has 9 heteroatoms. The van der Waals surface area contributed by atoms with Crippen LogP contribution in [-0.2, 0) is 33.3 Å². The molecule has 0 amide bonds. The van der Waals surface area contributed by atoms with Crippen LogP contribution in [0.4, 0.5) is 0 Å². The number of aliphatic carboxylic acids is 1. The summed E-state index contributed by atoms with van der Waals surface area (Å²) >= 11 is 0. The molecule has 0 aliphatic carbocycles. The Balaban J connectivity index is 4.31. The molecule has 0 aliphatic rings. The molecule has 0 fully saturated rings. The maximum absolute atomic E-state index is 12.8. The van der Waals surface area contributed by atoms with Gasteiger partial charge in [0.2, 0.25) is 0 Å². The standard InChI is InChI=1S/C62H99NO8/c1-6-8-10-12-14-16-18-20-22-23-24-25-26-27-28-29-30-31-32-33-34-35-36-37-39-41-43-45-47-49-51-53-60(65)71-58(57-70-62(61(66)67)68-55-54-63(3,4)5)56-69-59(64)52-50-48-46-44-42-40-38-21-19-17-15-13-11-9-7-2/h8-11,14-17,20-22,24-25,27-28,30-31,38,42,44,48,50,58,62H,6-7,12-13,18-19,23,26,29,32-37,39-41,43,45-47,49,51-57H2,1-5H3/p+1/b10-8-,11-9-,16-14-,17-15-,22-20-,25-24-,28-27-,31-30-,38-21-,44-42-,50-48-. The summed E-state index contributed by atoms with van der Waals surface area (Å²) in [6.07, 6.45) is 71.3. The van der Waals surface area contributed by atoms with Crippen LogP contribution < -0.4 is 0 Å². The number of hydrogen-bond donors (Lipinski definition) is 1. The second-order valence-electron chi connectivity index (χ2n) is 18.8. The first kappa shape index (κ1) is 66.4. The first-order valence-electron chi connectivity index (χ1n) is 27.3. The van der Waals surface area contributed by atoms with Crippen molar-refractivity contribution in [2.75, 3.05) is 47.5 Å². The number of rotatable bonds is 48. The van der Waals surface area contributed by atoms with Crippen LogP contribution in [0.3, 0.4) is 0 Å². The summed E-state index contributed by atoms with van der Waals surface area (Å²) < 4.78 is 22.7. The largest absolute Gasteiger partial charge is 0.477 e. The molecule has 2 unspecified atom stereocenters. The van der Waals surface area contributed by atoms with Crippen molar-refractivity contribution in [3.63, 3.8) is 0 Å². The number of unbranched alkanes of at least 4 members (excludes halogenated alkanes) is 12. The lowest BCUT2D eigenvalue weighted by atomic mass is 10.0. The summed E-state index contributed by atoms with van der Waals surface area (Å²) in [4.78, 5) is 37.2. The van der Waals surface area contributed by atoms with Crippen molar-refractivity contribution in [1.29, 1.82) is 0 Å². The quantitative estimate of drug-likeness (QED) is 0.0211. The average Bonchev–Trinajstić information content (AvgIpc) is 3.34. The zero-order chi connectivity index (χ0) is 52.0. The van der Waals surface area contributed by atoms with E-state index in [2.05, 4.69) is 129 Å².